The second-order valence-corrected chi connectivity index (χ2v) is 15.1. The van der Waals surface area contributed by atoms with Crippen molar-refractivity contribution < 1.29 is 4.74 Å². The molecule has 0 saturated heterocycles. The molecule has 0 bridgehead atoms. The number of fused-ring (bicyclic) bond motifs is 16. The van der Waals surface area contributed by atoms with Crippen molar-refractivity contribution in [2.75, 3.05) is 0 Å². The van der Waals surface area contributed by atoms with Crippen LogP contribution in [0, 0.1) is 0 Å². The quantitative estimate of drug-likeness (QED) is 0.166. The third-order valence-electron chi connectivity index (χ3n) is 11.2. The Balaban J connectivity index is 1.12. The van der Waals surface area contributed by atoms with Gasteiger partial charge in [0.25, 0.3) is 0 Å². The molecule has 0 amide bonds. The van der Waals surface area contributed by atoms with Crippen LogP contribution in [0.2, 0.25) is 0 Å². The Bertz CT molecular complexity index is 3350. The molecular formula is C48H36N6O. The van der Waals surface area contributed by atoms with Crippen LogP contribution < -0.4 is 4.74 Å². The standard InChI is InChI=1S/C48H36N6O/c1-27(2)32-10-9-11-33(28(3)4)44(32)29-16-21-41-36(24-29)34-19-17-30(25-37(34)46-51-39-12-5-7-14-42(39)53(41)46)55-31-18-20-35-38(26-31)47-52-40-13-6-8-15-43(40)54(47)48-45(35)49-22-23-50-48/h5-28H,1-4H3. The Hall–Kier alpha value is -6.86. The van der Waals surface area contributed by atoms with E-state index in [1.54, 1.807) is 12.4 Å². The smallest absolute Gasteiger partial charge is 0.165 e. The highest BCUT2D eigenvalue weighted by atomic mass is 16.5. The molecule has 5 heterocycles. The predicted octanol–water partition coefficient (Wildman–Crippen LogP) is 12.4. The maximum Gasteiger partial charge on any atom is 0.165 e. The van der Waals surface area contributed by atoms with Crippen LogP contribution in [0.4, 0.5) is 0 Å². The minimum atomic E-state index is 0.395. The fraction of sp³-hybridized carbons (Fsp3) is 0.125. The maximum atomic E-state index is 6.73. The number of aromatic nitrogens is 6. The summed E-state index contributed by atoms with van der Waals surface area (Å²) >= 11 is 0. The van der Waals surface area contributed by atoms with Crippen LogP contribution in [0.5, 0.6) is 11.5 Å². The van der Waals surface area contributed by atoms with Gasteiger partial charge < -0.3 is 4.74 Å². The third kappa shape index (κ3) is 4.69. The molecule has 55 heavy (non-hydrogen) atoms. The van der Waals surface area contributed by atoms with Crippen LogP contribution in [0.1, 0.15) is 50.7 Å². The summed E-state index contributed by atoms with van der Waals surface area (Å²) in [7, 11) is 0. The predicted molar refractivity (Wildman–Crippen MR) is 225 cm³/mol. The summed E-state index contributed by atoms with van der Waals surface area (Å²) < 4.78 is 11.1. The van der Waals surface area contributed by atoms with Crippen LogP contribution >= 0.6 is 0 Å². The first-order valence-electron chi connectivity index (χ1n) is 18.9. The molecule has 7 heteroatoms. The molecule has 0 aliphatic rings. The van der Waals surface area contributed by atoms with E-state index in [9.17, 15) is 0 Å². The average molecular weight is 713 g/mol. The highest BCUT2D eigenvalue weighted by Gasteiger charge is 2.20. The van der Waals surface area contributed by atoms with Gasteiger partial charge in [-0.2, -0.15) is 0 Å². The molecule has 11 aromatic rings. The van der Waals surface area contributed by atoms with E-state index in [1.165, 1.54) is 27.6 Å². The molecule has 264 valence electrons. The Labute approximate surface area is 316 Å². The van der Waals surface area contributed by atoms with Gasteiger partial charge in [-0.1, -0.05) is 76.2 Å². The number of benzene rings is 6. The fourth-order valence-corrected chi connectivity index (χ4v) is 8.66. The van der Waals surface area contributed by atoms with Crippen molar-refractivity contribution in [3.63, 3.8) is 0 Å². The summed E-state index contributed by atoms with van der Waals surface area (Å²) in [6, 6.07) is 42.8. The maximum absolute atomic E-state index is 6.73. The highest BCUT2D eigenvalue weighted by Crippen LogP contribution is 2.41. The monoisotopic (exact) mass is 712 g/mol. The van der Waals surface area contributed by atoms with E-state index in [0.29, 0.717) is 17.6 Å². The van der Waals surface area contributed by atoms with E-state index < -0.39 is 0 Å². The molecule has 0 spiro atoms. The summed E-state index contributed by atoms with van der Waals surface area (Å²) in [5.74, 6) is 2.23. The number of hydrogen-bond acceptors (Lipinski definition) is 5. The molecule has 0 atom stereocenters. The van der Waals surface area contributed by atoms with Crippen molar-refractivity contribution in [3.05, 3.63) is 145 Å². The van der Waals surface area contributed by atoms with Crippen molar-refractivity contribution in [1.29, 1.82) is 0 Å². The lowest BCUT2D eigenvalue weighted by atomic mass is 9.84. The van der Waals surface area contributed by atoms with E-state index in [0.717, 1.165) is 77.3 Å². The summed E-state index contributed by atoms with van der Waals surface area (Å²) in [5, 5.41) is 5.27. The minimum Gasteiger partial charge on any atom is -0.457 e. The van der Waals surface area contributed by atoms with E-state index in [1.807, 2.05) is 24.3 Å². The van der Waals surface area contributed by atoms with E-state index in [2.05, 4.69) is 134 Å². The lowest BCUT2D eigenvalue weighted by molar-refractivity contribution is 0.484. The van der Waals surface area contributed by atoms with Crippen molar-refractivity contribution in [2.45, 2.75) is 39.5 Å². The van der Waals surface area contributed by atoms with Crippen LogP contribution in [0.15, 0.2) is 134 Å². The number of ether oxygens (including phenoxy) is 1. The van der Waals surface area contributed by atoms with Gasteiger partial charge in [-0.05, 0) is 112 Å². The second-order valence-electron chi connectivity index (χ2n) is 15.1. The Morgan fingerprint density at radius 3 is 1.76 bits per heavy atom. The lowest BCUT2D eigenvalue weighted by Gasteiger charge is -2.21. The Morgan fingerprint density at radius 1 is 0.473 bits per heavy atom. The first-order valence-corrected chi connectivity index (χ1v) is 18.9. The second kappa shape index (κ2) is 11.8. The molecule has 5 aromatic heterocycles. The van der Waals surface area contributed by atoms with Crippen LogP contribution in [-0.4, -0.2) is 28.7 Å². The number of pyridine rings is 2. The molecule has 11 rings (SSSR count). The zero-order chi connectivity index (χ0) is 36.9. The van der Waals surface area contributed by atoms with Crippen molar-refractivity contribution in [2.24, 2.45) is 0 Å². The molecular weight excluding hydrogens is 677 g/mol. The first kappa shape index (κ1) is 31.6. The van der Waals surface area contributed by atoms with Crippen LogP contribution in [-0.2, 0) is 0 Å². The molecule has 6 aromatic carbocycles. The van der Waals surface area contributed by atoms with Gasteiger partial charge in [0.05, 0.1) is 27.6 Å². The van der Waals surface area contributed by atoms with E-state index in [4.69, 9.17) is 24.7 Å². The van der Waals surface area contributed by atoms with Gasteiger partial charge in [0, 0.05) is 33.9 Å². The van der Waals surface area contributed by atoms with E-state index in [-0.39, 0.29) is 0 Å². The van der Waals surface area contributed by atoms with Gasteiger partial charge in [0.15, 0.2) is 5.65 Å². The fourth-order valence-electron chi connectivity index (χ4n) is 8.66. The molecule has 0 fully saturated rings. The molecule has 0 radical (unpaired) electrons. The van der Waals surface area contributed by atoms with Crippen LogP contribution in [0.25, 0.3) is 88.1 Å². The number of imidazole rings is 2. The third-order valence-corrected chi connectivity index (χ3v) is 11.2. The van der Waals surface area contributed by atoms with Gasteiger partial charge in [0.2, 0.25) is 0 Å². The topological polar surface area (TPSA) is 69.6 Å². The highest BCUT2D eigenvalue weighted by molar-refractivity contribution is 6.15. The van der Waals surface area contributed by atoms with Gasteiger partial charge in [-0.3, -0.25) is 13.8 Å². The largest absolute Gasteiger partial charge is 0.457 e. The SMILES string of the molecule is CC(C)c1cccc(C(C)C)c1-c1ccc2c(c1)c1ccc(Oc3ccc4c(c3)c3nc5ccccc5n3c3nccnc43)cc1c1nc3ccccc3n21. The number of para-hydroxylation sites is 4. The molecule has 0 saturated carbocycles. The molecule has 0 N–H and O–H groups in total. The number of hydrogen-bond donors (Lipinski definition) is 0. The van der Waals surface area contributed by atoms with Crippen molar-refractivity contribution in [3.8, 4) is 22.6 Å². The zero-order valence-electron chi connectivity index (χ0n) is 30.9. The van der Waals surface area contributed by atoms with E-state index >= 15 is 0 Å². The summed E-state index contributed by atoms with van der Waals surface area (Å²) in [5.41, 5.74) is 13.7. The molecule has 0 aliphatic carbocycles. The van der Waals surface area contributed by atoms with Crippen LogP contribution in [0.3, 0.4) is 0 Å². The first-order chi connectivity index (χ1) is 26.9. The van der Waals surface area contributed by atoms with Gasteiger partial charge in [-0.15, -0.1) is 0 Å². The van der Waals surface area contributed by atoms with Gasteiger partial charge in [-0.25, -0.2) is 15.0 Å². The number of nitrogens with zero attached hydrogens (tertiary/aromatic N) is 6. The zero-order valence-corrected chi connectivity index (χ0v) is 30.9. The summed E-state index contributed by atoms with van der Waals surface area (Å²) in [4.78, 5) is 19.7. The normalized spacial score (nSPS) is 12.3. The van der Waals surface area contributed by atoms with Gasteiger partial charge in [0.1, 0.15) is 28.3 Å². The van der Waals surface area contributed by atoms with Crippen molar-refractivity contribution >= 4 is 77.0 Å². The Kier molecular flexibility index (Phi) is 6.80. The molecule has 0 unspecified atom stereocenters. The van der Waals surface area contributed by atoms with Crippen molar-refractivity contribution in [1.82, 2.24) is 28.7 Å². The summed E-state index contributed by atoms with van der Waals surface area (Å²) in [6.07, 6.45) is 3.47. The molecule has 7 nitrogen and oxygen atoms in total. The minimum absolute atomic E-state index is 0.395. The Morgan fingerprint density at radius 2 is 1.07 bits per heavy atom. The van der Waals surface area contributed by atoms with Gasteiger partial charge >= 0.3 is 0 Å². The number of rotatable bonds is 5. The average Bonchev–Trinajstić information content (AvgIpc) is 3.81. The lowest BCUT2D eigenvalue weighted by Crippen LogP contribution is -2.00. The molecule has 0 aliphatic heterocycles. The summed E-state index contributed by atoms with van der Waals surface area (Å²) in [6.45, 7) is 9.14.